The van der Waals surface area contributed by atoms with Gasteiger partial charge in [0, 0.05) is 0 Å². The molecule has 0 heterocycles. The lowest BCUT2D eigenvalue weighted by Crippen LogP contribution is -1.95. The minimum absolute atomic E-state index is 0.0851. The summed E-state index contributed by atoms with van der Waals surface area (Å²) in [6.07, 6.45) is 0.788. The molecule has 1 atom stereocenters. The van der Waals surface area contributed by atoms with E-state index in [1.54, 1.807) is 12.1 Å². The molecule has 3 heteroatoms. The van der Waals surface area contributed by atoms with E-state index in [1.165, 1.54) is 0 Å². The van der Waals surface area contributed by atoms with Gasteiger partial charge in [-0.2, -0.15) is 5.26 Å². The summed E-state index contributed by atoms with van der Waals surface area (Å²) < 4.78 is 0. The molecule has 2 nitrogen and oxygen atoms in total. The third-order valence-electron chi connectivity index (χ3n) is 1.99. The zero-order chi connectivity index (χ0) is 9.84. The van der Waals surface area contributed by atoms with Crippen molar-refractivity contribution in [3.8, 4) is 6.07 Å². The topological polar surface area (TPSA) is 49.8 Å². The van der Waals surface area contributed by atoms with Gasteiger partial charge in [-0.3, -0.25) is 0 Å². The van der Waals surface area contributed by atoms with Crippen LogP contribution in [0.1, 0.15) is 24.8 Å². The highest BCUT2D eigenvalue weighted by Crippen LogP contribution is 2.25. The summed E-state index contributed by atoms with van der Waals surface area (Å²) in [4.78, 5) is 0. The van der Waals surface area contributed by atoms with Crippen LogP contribution in [-0.2, 0) is 0 Å². The van der Waals surface area contributed by atoms with Gasteiger partial charge >= 0.3 is 0 Å². The Balaban J connectivity index is 3.04. The number of nitrogens with two attached hydrogens (primary N) is 1. The van der Waals surface area contributed by atoms with Crippen LogP contribution in [-0.4, -0.2) is 0 Å². The van der Waals surface area contributed by atoms with Gasteiger partial charge in [-0.1, -0.05) is 24.6 Å². The number of nitriles is 1. The van der Waals surface area contributed by atoms with Crippen LogP contribution in [0.15, 0.2) is 18.2 Å². The second kappa shape index (κ2) is 4.15. The largest absolute Gasteiger partial charge is 0.398 e. The fourth-order valence-electron chi connectivity index (χ4n) is 1.16. The smallest absolute Gasteiger partial charge is 0.0710 e. The van der Waals surface area contributed by atoms with Crippen molar-refractivity contribution < 1.29 is 0 Å². The summed E-state index contributed by atoms with van der Waals surface area (Å²) >= 11 is 5.84. The third kappa shape index (κ3) is 2.13. The van der Waals surface area contributed by atoms with Crippen LogP contribution in [0, 0.1) is 11.3 Å². The minimum atomic E-state index is -0.0851. The highest BCUT2D eigenvalue weighted by Gasteiger charge is 2.08. The predicted molar refractivity (Wildman–Crippen MR) is 54.5 cm³/mol. The molecule has 68 valence electrons. The molecule has 0 fully saturated rings. The molecule has 1 aromatic rings. The van der Waals surface area contributed by atoms with E-state index in [4.69, 9.17) is 22.6 Å². The normalized spacial score (nSPS) is 12.1. The van der Waals surface area contributed by atoms with Gasteiger partial charge in [0.1, 0.15) is 0 Å². The maximum Gasteiger partial charge on any atom is 0.0710 e. The van der Waals surface area contributed by atoms with Gasteiger partial charge in [-0.25, -0.2) is 0 Å². The van der Waals surface area contributed by atoms with E-state index >= 15 is 0 Å². The number of nitrogen functional groups attached to an aromatic ring is 1. The Labute approximate surface area is 82.9 Å². The highest BCUT2D eigenvalue weighted by molar-refractivity contribution is 6.33. The molecule has 0 bridgehead atoms. The zero-order valence-corrected chi connectivity index (χ0v) is 8.17. The number of rotatable bonds is 2. The third-order valence-corrected chi connectivity index (χ3v) is 2.32. The molecule has 0 aliphatic rings. The highest BCUT2D eigenvalue weighted by atomic mass is 35.5. The molecule has 0 saturated carbocycles. The van der Waals surface area contributed by atoms with Crippen LogP contribution in [0.5, 0.6) is 0 Å². The molecular weight excluding hydrogens is 184 g/mol. The lowest BCUT2D eigenvalue weighted by atomic mass is 9.98. The van der Waals surface area contributed by atoms with Crippen molar-refractivity contribution in [3.05, 3.63) is 28.8 Å². The Morgan fingerprint density at radius 2 is 2.31 bits per heavy atom. The van der Waals surface area contributed by atoms with Crippen LogP contribution in [0.25, 0.3) is 0 Å². The molecule has 2 N–H and O–H groups in total. The molecule has 13 heavy (non-hydrogen) atoms. The second-order valence-electron chi connectivity index (χ2n) is 2.87. The maximum atomic E-state index is 8.82. The average Bonchev–Trinajstić information content (AvgIpc) is 2.13. The van der Waals surface area contributed by atoms with Crippen LogP contribution in [0.4, 0.5) is 5.69 Å². The number of anilines is 1. The molecule has 0 radical (unpaired) electrons. The van der Waals surface area contributed by atoms with Crippen LogP contribution >= 0.6 is 11.6 Å². The Kier molecular flexibility index (Phi) is 3.16. The summed E-state index contributed by atoms with van der Waals surface area (Å²) in [5, 5.41) is 9.33. The van der Waals surface area contributed by atoms with E-state index in [0.717, 1.165) is 12.0 Å². The van der Waals surface area contributed by atoms with Crippen molar-refractivity contribution >= 4 is 17.3 Å². The number of hydrogen-bond acceptors (Lipinski definition) is 2. The predicted octanol–water partition coefficient (Wildman–Crippen LogP) is 2.94. The molecule has 0 aliphatic heterocycles. The van der Waals surface area contributed by atoms with E-state index in [2.05, 4.69) is 6.07 Å². The second-order valence-corrected chi connectivity index (χ2v) is 3.28. The molecule has 1 rings (SSSR count). The first-order valence-corrected chi connectivity index (χ1v) is 4.51. The van der Waals surface area contributed by atoms with Crippen molar-refractivity contribution in [2.75, 3.05) is 5.73 Å². The standard InChI is InChI=1S/C10H11ClN2/c1-2-7(6-12)8-3-4-10(13)9(11)5-8/h3-5,7H,2,13H2,1H3. The number of nitrogens with zero attached hydrogens (tertiary/aromatic N) is 1. The van der Waals surface area contributed by atoms with Crippen molar-refractivity contribution in [2.45, 2.75) is 19.3 Å². The van der Waals surface area contributed by atoms with Gasteiger partial charge < -0.3 is 5.73 Å². The molecular formula is C10H11ClN2. The Morgan fingerprint density at radius 1 is 1.62 bits per heavy atom. The summed E-state index contributed by atoms with van der Waals surface area (Å²) in [5.41, 5.74) is 7.05. The maximum absolute atomic E-state index is 8.82. The van der Waals surface area contributed by atoms with E-state index in [0.29, 0.717) is 10.7 Å². The number of benzene rings is 1. The molecule has 0 saturated heterocycles. The molecule has 0 amide bonds. The van der Waals surface area contributed by atoms with Gasteiger partial charge in [0.05, 0.1) is 22.7 Å². The SMILES string of the molecule is CCC(C#N)c1ccc(N)c(Cl)c1. The number of halogens is 1. The minimum Gasteiger partial charge on any atom is -0.398 e. The first-order chi connectivity index (χ1) is 6.19. The molecule has 0 aliphatic carbocycles. The monoisotopic (exact) mass is 194 g/mol. The molecule has 0 spiro atoms. The van der Waals surface area contributed by atoms with Crippen LogP contribution < -0.4 is 5.73 Å². The Hall–Kier alpha value is -1.20. The molecule has 1 aromatic carbocycles. The fourth-order valence-corrected chi connectivity index (χ4v) is 1.35. The Bertz CT molecular complexity index is 341. The lowest BCUT2D eigenvalue weighted by molar-refractivity contribution is 0.818. The first-order valence-electron chi connectivity index (χ1n) is 4.13. The van der Waals surface area contributed by atoms with Gasteiger partial charge in [0.15, 0.2) is 0 Å². The fraction of sp³-hybridized carbons (Fsp3) is 0.300. The summed E-state index contributed by atoms with van der Waals surface area (Å²) in [5.74, 6) is -0.0851. The van der Waals surface area contributed by atoms with Gasteiger partial charge in [-0.05, 0) is 24.1 Å². The van der Waals surface area contributed by atoms with Crippen molar-refractivity contribution in [3.63, 3.8) is 0 Å². The van der Waals surface area contributed by atoms with E-state index in [1.807, 2.05) is 13.0 Å². The van der Waals surface area contributed by atoms with E-state index in [9.17, 15) is 0 Å². The van der Waals surface area contributed by atoms with Crippen LogP contribution in [0.2, 0.25) is 5.02 Å². The van der Waals surface area contributed by atoms with Crippen molar-refractivity contribution in [1.82, 2.24) is 0 Å². The van der Waals surface area contributed by atoms with Gasteiger partial charge in [-0.15, -0.1) is 0 Å². The average molecular weight is 195 g/mol. The first kappa shape index (κ1) is 9.88. The molecule has 1 unspecified atom stereocenters. The van der Waals surface area contributed by atoms with Crippen molar-refractivity contribution in [1.29, 1.82) is 5.26 Å². The lowest BCUT2D eigenvalue weighted by Gasteiger charge is -2.07. The zero-order valence-electron chi connectivity index (χ0n) is 7.42. The Morgan fingerprint density at radius 3 is 2.77 bits per heavy atom. The van der Waals surface area contributed by atoms with Crippen molar-refractivity contribution in [2.24, 2.45) is 0 Å². The summed E-state index contributed by atoms with van der Waals surface area (Å²) in [6.45, 7) is 1.97. The number of hydrogen-bond donors (Lipinski definition) is 1. The van der Waals surface area contributed by atoms with Crippen LogP contribution in [0.3, 0.4) is 0 Å². The van der Waals surface area contributed by atoms with Gasteiger partial charge in [0.2, 0.25) is 0 Å². The molecule has 0 aromatic heterocycles. The van der Waals surface area contributed by atoms with E-state index < -0.39 is 0 Å². The van der Waals surface area contributed by atoms with Gasteiger partial charge in [0.25, 0.3) is 0 Å². The summed E-state index contributed by atoms with van der Waals surface area (Å²) in [6, 6.07) is 7.55. The summed E-state index contributed by atoms with van der Waals surface area (Å²) in [7, 11) is 0. The van der Waals surface area contributed by atoms with E-state index in [-0.39, 0.29) is 5.92 Å². The quantitative estimate of drug-likeness (QED) is 0.736.